The molecule has 0 unspecified atom stereocenters. The Kier molecular flexibility index (Phi) is 4.94. The minimum absolute atomic E-state index is 0.206. The summed E-state index contributed by atoms with van der Waals surface area (Å²) in [6.07, 6.45) is 0.360. The average molecular weight is 336 g/mol. The first kappa shape index (κ1) is 15.6. The smallest absolute Gasteiger partial charge is 0.240 e. The Balaban J connectivity index is 2.77. The third-order valence-electron chi connectivity index (χ3n) is 2.48. The average Bonchev–Trinajstić information content (AvgIpc) is 2.19. The molecule has 0 amide bonds. The molecule has 2 N–H and O–H groups in total. The van der Waals surface area contributed by atoms with Gasteiger partial charge in [0.25, 0.3) is 0 Å². The van der Waals surface area contributed by atoms with Gasteiger partial charge < -0.3 is 5.11 Å². The van der Waals surface area contributed by atoms with Gasteiger partial charge in [-0.25, -0.2) is 13.1 Å². The SMILES string of the molecule is Cc1ccc(S(=O)(=O)NCCC(C)(C)O)cc1Br. The van der Waals surface area contributed by atoms with Crippen LogP contribution in [0.1, 0.15) is 25.8 Å². The van der Waals surface area contributed by atoms with Crippen molar-refractivity contribution in [3.63, 3.8) is 0 Å². The zero-order valence-corrected chi connectivity index (χ0v) is 13.1. The van der Waals surface area contributed by atoms with E-state index in [0.29, 0.717) is 6.42 Å². The Morgan fingerprint density at radius 2 is 2.00 bits per heavy atom. The fourth-order valence-electron chi connectivity index (χ4n) is 1.32. The van der Waals surface area contributed by atoms with Crippen molar-refractivity contribution in [1.29, 1.82) is 0 Å². The third-order valence-corrected chi connectivity index (χ3v) is 4.80. The summed E-state index contributed by atoms with van der Waals surface area (Å²) in [4.78, 5) is 0.218. The molecule has 0 bridgehead atoms. The minimum atomic E-state index is -3.51. The van der Waals surface area contributed by atoms with Crippen LogP contribution >= 0.6 is 15.9 Å². The molecule has 0 aromatic heterocycles. The summed E-state index contributed by atoms with van der Waals surface area (Å²) in [6.45, 7) is 5.38. The lowest BCUT2D eigenvalue weighted by atomic mass is 10.1. The van der Waals surface area contributed by atoms with Gasteiger partial charge in [-0.2, -0.15) is 0 Å². The number of sulfonamides is 1. The second-order valence-electron chi connectivity index (χ2n) is 4.87. The van der Waals surface area contributed by atoms with Crippen LogP contribution in [0, 0.1) is 6.92 Å². The molecular weight excluding hydrogens is 318 g/mol. The molecule has 1 aromatic rings. The van der Waals surface area contributed by atoms with E-state index in [2.05, 4.69) is 20.7 Å². The van der Waals surface area contributed by atoms with Crippen molar-refractivity contribution in [3.05, 3.63) is 28.2 Å². The maximum Gasteiger partial charge on any atom is 0.240 e. The lowest BCUT2D eigenvalue weighted by molar-refractivity contribution is 0.0728. The van der Waals surface area contributed by atoms with E-state index in [1.807, 2.05) is 6.92 Å². The Labute approximate surface area is 117 Å². The number of rotatable bonds is 5. The van der Waals surface area contributed by atoms with Gasteiger partial charge >= 0.3 is 0 Å². The van der Waals surface area contributed by atoms with Crippen LogP contribution in [0.25, 0.3) is 0 Å². The molecular formula is C12H18BrNO3S. The molecule has 1 aromatic carbocycles. The first-order valence-electron chi connectivity index (χ1n) is 5.60. The standard InChI is InChI=1S/C12H18BrNO3S/c1-9-4-5-10(8-11(9)13)18(16,17)14-7-6-12(2,3)15/h4-5,8,14-15H,6-7H2,1-3H3. The zero-order valence-electron chi connectivity index (χ0n) is 10.7. The topological polar surface area (TPSA) is 66.4 Å². The molecule has 0 aliphatic carbocycles. The van der Waals surface area contributed by atoms with Crippen LogP contribution in [0.4, 0.5) is 0 Å². The molecule has 0 saturated carbocycles. The van der Waals surface area contributed by atoms with Gasteiger partial charge in [0, 0.05) is 11.0 Å². The molecule has 1 rings (SSSR count). The highest BCUT2D eigenvalue weighted by Gasteiger charge is 2.17. The quantitative estimate of drug-likeness (QED) is 0.866. The highest BCUT2D eigenvalue weighted by Crippen LogP contribution is 2.20. The van der Waals surface area contributed by atoms with E-state index in [0.717, 1.165) is 10.0 Å². The first-order chi connectivity index (χ1) is 8.12. The van der Waals surface area contributed by atoms with Gasteiger partial charge in [-0.05, 0) is 44.9 Å². The van der Waals surface area contributed by atoms with E-state index in [-0.39, 0.29) is 11.4 Å². The van der Waals surface area contributed by atoms with Crippen LogP contribution in [-0.4, -0.2) is 25.7 Å². The summed E-state index contributed by atoms with van der Waals surface area (Å²) >= 11 is 3.31. The van der Waals surface area contributed by atoms with Gasteiger partial charge in [0.05, 0.1) is 10.5 Å². The molecule has 102 valence electrons. The lowest BCUT2D eigenvalue weighted by Crippen LogP contribution is -2.30. The number of hydrogen-bond donors (Lipinski definition) is 2. The molecule has 0 aliphatic rings. The van der Waals surface area contributed by atoms with Crippen molar-refractivity contribution in [2.24, 2.45) is 0 Å². The second-order valence-corrected chi connectivity index (χ2v) is 7.49. The maximum absolute atomic E-state index is 12.0. The van der Waals surface area contributed by atoms with Crippen LogP contribution < -0.4 is 4.72 Å². The third kappa shape index (κ3) is 4.68. The highest BCUT2D eigenvalue weighted by atomic mass is 79.9. The fourth-order valence-corrected chi connectivity index (χ4v) is 2.90. The maximum atomic E-state index is 12.0. The molecule has 0 aliphatic heterocycles. The predicted molar refractivity (Wildman–Crippen MR) is 75.0 cm³/mol. The predicted octanol–water partition coefficient (Wildman–Crippen LogP) is 2.20. The van der Waals surface area contributed by atoms with Gasteiger partial charge in [0.15, 0.2) is 0 Å². The van der Waals surface area contributed by atoms with E-state index >= 15 is 0 Å². The van der Waals surface area contributed by atoms with E-state index < -0.39 is 15.6 Å². The number of aryl methyl sites for hydroxylation is 1. The molecule has 0 saturated heterocycles. The normalized spacial score (nSPS) is 12.7. The molecule has 4 nitrogen and oxygen atoms in total. The Hall–Kier alpha value is -0.430. The summed E-state index contributed by atoms with van der Waals surface area (Å²) in [6, 6.07) is 4.88. The van der Waals surface area contributed by atoms with Crippen LogP contribution in [0.15, 0.2) is 27.6 Å². The summed E-state index contributed by atoms with van der Waals surface area (Å²) in [5.74, 6) is 0. The monoisotopic (exact) mass is 335 g/mol. The summed E-state index contributed by atoms with van der Waals surface area (Å²) in [5, 5.41) is 9.52. The number of nitrogens with one attached hydrogen (secondary N) is 1. The molecule has 0 fully saturated rings. The van der Waals surface area contributed by atoms with Gasteiger partial charge in [-0.15, -0.1) is 0 Å². The van der Waals surface area contributed by atoms with Crippen molar-refractivity contribution in [1.82, 2.24) is 4.72 Å². The molecule has 6 heteroatoms. The Morgan fingerprint density at radius 1 is 1.39 bits per heavy atom. The second kappa shape index (κ2) is 5.69. The Bertz CT molecular complexity index is 521. The van der Waals surface area contributed by atoms with Crippen LogP contribution in [0.3, 0.4) is 0 Å². The zero-order chi connectivity index (χ0) is 14.0. The van der Waals surface area contributed by atoms with Crippen LogP contribution in [0.2, 0.25) is 0 Å². The van der Waals surface area contributed by atoms with Gasteiger partial charge in [0.2, 0.25) is 10.0 Å². The largest absolute Gasteiger partial charge is 0.390 e. The van der Waals surface area contributed by atoms with Gasteiger partial charge in [-0.1, -0.05) is 22.0 Å². The van der Waals surface area contributed by atoms with Crippen molar-refractivity contribution >= 4 is 26.0 Å². The number of halogens is 1. The summed E-state index contributed by atoms with van der Waals surface area (Å²) in [5.41, 5.74) is 0.0987. The lowest BCUT2D eigenvalue weighted by Gasteiger charge is -2.17. The molecule has 0 spiro atoms. The Morgan fingerprint density at radius 3 is 2.50 bits per heavy atom. The van der Waals surface area contributed by atoms with Gasteiger partial charge in [-0.3, -0.25) is 0 Å². The van der Waals surface area contributed by atoms with Crippen molar-refractivity contribution in [3.8, 4) is 0 Å². The fraction of sp³-hybridized carbons (Fsp3) is 0.500. The van der Waals surface area contributed by atoms with Crippen molar-refractivity contribution in [2.45, 2.75) is 37.7 Å². The van der Waals surface area contributed by atoms with Gasteiger partial charge in [0.1, 0.15) is 0 Å². The molecule has 0 heterocycles. The van der Waals surface area contributed by atoms with E-state index in [9.17, 15) is 13.5 Å². The van der Waals surface area contributed by atoms with E-state index in [4.69, 9.17) is 0 Å². The minimum Gasteiger partial charge on any atom is -0.390 e. The number of benzene rings is 1. The number of hydrogen-bond acceptors (Lipinski definition) is 3. The molecule has 18 heavy (non-hydrogen) atoms. The first-order valence-corrected chi connectivity index (χ1v) is 7.88. The summed E-state index contributed by atoms with van der Waals surface area (Å²) < 4.78 is 27.2. The molecule has 0 atom stereocenters. The van der Waals surface area contributed by atoms with Crippen molar-refractivity contribution < 1.29 is 13.5 Å². The van der Waals surface area contributed by atoms with E-state index in [1.165, 1.54) is 0 Å². The highest BCUT2D eigenvalue weighted by molar-refractivity contribution is 9.10. The van der Waals surface area contributed by atoms with Crippen LogP contribution in [-0.2, 0) is 10.0 Å². The summed E-state index contributed by atoms with van der Waals surface area (Å²) in [7, 11) is -3.51. The van der Waals surface area contributed by atoms with Crippen LogP contribution in [0.5, 0.6) is 0 Å². The molecule has 0 radical (unpaired) electrons. The van der Waals surface area contributed by atoms with Crippen molar-refractivity contribution in [2.75, 3.05) is 6.54 Å². The van der Waals surface area contributed by atoms with E-state index in [1.54, 1.807) is 32.0 Å². The number of aliphatic hydroxyl groups is 1.